The first-order valence-corrected chi connectivity index (χ1v) is 8.02. The summed E-state index contributed by atoms with van der Waals surface area (Å²) < 4.78 is 67.9. The van der Waals surface area contributed by atoms with E-state index in [1.54, 1.807) is 0 Å². The van der Waals surface area contributed by atoms with Crippen molar-refractivity contribution in [3.63, 3.8) is 0 Å². The number of hydrogen-bond acceptors (Lipinski definition) is 5. The zero-order valence-electron chi connectivity index (χ0n) is 11.1. The minimum atomic E-state index is -5.75. The molecule has 0 saturated heterocycles. The van der Waals surface area contributed by atoms with Crippen LogP contribution in [0.15, 0.2) is 11.8 Å². The van der Waals surface area contributed by atoms with E-state index in [1.807, 2.05) is 0 Å². The lowest BCUT2D eigenvalue weighted by Gasteiger charge is -2.32. The van der Waals surface area contributed by atoms with Crippen LogP contribution in [0.2, 0.25) is 0 Å². The third-order valence-corrected chi connectivity index (χ3v) is 4.63. The molecule has 2 rings (SSSR count). The monoisotopic (exact) mass is 328 g/mol. The molecule has 5 nitrogen and oxygen atoms in total. The fraction of sp³-hybridized carbons (Fsp3) is 0.750. The van der Waals surface area contributed by atoms with Crippen LogP contribution in [0, 0.1) is 5.92 Å². The summed E-state index contributed by atoms with van der Waals surface area (Å²) in [4.78, 5) is 11.4. The Morgan fingerprint density at radius 2 is 1.81 bits per heavy atom. The fourth-order valence-corrected chi connectivity index (χ4v) is 3.12. The molecule has 1 atom stereocenters. The highest BCUT2D eigenvalue weighted by Crippen LogP contribution is 2.35. The molecule has 1 saturated carbocycles. The highest BCUT2D eigenvalue weighted by atomic mass is 32.2. The van der Waals surface area contributed by atoms with Crippen LogP contribution in [-0.4, -0.2) is 26.0 Å². The third kappa shape index (κ3) is 3.90. The van der Waals surface area contributed by atoms with E-state index in [9.17, 15) is 26.4 Å². The second-order valence-electron chi connectivity index (χ2n) is 5.17. The van der Waals surface area contributed by atoms with Gasteiger partial charge >= 0.3 is 21.6 Å². The van der Waals surface area contributed by atoms with Gasteiger partial charge in [-0.05, 0) is 18.8 Å². The fourth-order valence-electron chi connectivity index (χ4n) is 2.63. The van der Waals surface area contributed by atoms with E-state index in [2.05, 4.69) is 4.18 Å². The number of rotatable bonds is 3. The van der Waals surface area contributed by atoms with Gasteiger partial charge in [0.1, 0.15) is 11.9 Å². The van der Waals surface area contributed by atoms with Crippen LogP contribution in [0.4, 0.5) is 13.2 Å². The maximum atomic E-state index is 12.3. The number of carbonyl (C=O) groups excluding carboxylic acids is 1. The van der Waals surface area contributed by atoms with E-state index in [-0.39, 0.29) is 12.3 Å². The third-order valence-electron chi connectivity index (χ3n) is 3.62. The molecule has 9 heteroatoms. The van der Waals surface area contributed by atoms with Gasteiger partial charge in [0.05, 0.1) is 6.08 Å². The van der Waals surface area contributed by atoms with Crippen LogP contribution < -0.4 is 0 Å². The Labute approximate surface area is 120 Å². The first-order chi connectivity index (χ1) is 9.69. The number of carbonyl (C=O) groups is 1. The highest BCUT2D eigenvalue weighted by molar-refractivity contribution is 7.87. The van der Waals surface area contributed by atoms with Gasteiger partial charge in [0.15, 0.2) is 0 Å². The number of ether oxygens (including phenoxy) is 1. The second kappa shape index (κ2) is 5.86. The first kappa shape index (κ1) is 16.1. The normalized spacial score (nSPS) is 25.2. The van der Waals surface area contributed by atoms with Crippen molar-refractivity contribution in [1.82, 2.24) is 0 Å². The largest absolute Gasteiger partial charge is 0.534 e. The van der Waals surface area contributed by atoms with Crippen molar-refractivity contribution in [3.8, 4) is 0 Å². The Balaban J connectivity index is 2.08. The van der Waals surface area contributed by atoms with Gasteiger partial charge < -0.3 is 8.92 Å². The molecule has 21 heavy (non-hydrogen) atoms. The number of esters is 1. The van der Waals surface area contributed by atoms with Crippen LogP contribution in [0.3, 0.4) is 0 Å². The van der Waals surface area contributed by atoms with E-state index < -0.39 is 33.5 Å². The van der Waals surface area contributed by atoms with E-state index >= 15 is 0 Å². The van der Waals surface area contributed by atoms with Gasteiger partial charge in [0.25, 0.3) is 0 Å². The van der Waals surface area contributed by atoms with Gasteiger partial charge in [-0.2, -0.15) is 21.6 Å². The van der Waals surface area contributed by atoms with Gasteiger partial charge in [0, 0.05) is 6.42 Å². The van der Waals surface area contributed by atoms with Gasteiger partial charge in [-0.3, -0.25) is 0 Å². The van der Waals surface area contributed by atoms with Crippen molar-refractivity contribution in [2.45, 2.75) is 50.1 Å². The zero-order chi connectivity index (χ0) is 15.7. The van der Waals surface area contributed by atoms with Crippen molar-refractivity contribution in [2.24, 2.45) is 5.92 Å². The van der Waals surface area contributed by atoms with Gasteiger partial charge in [-0.25, -0.2) is 4.79 Å². The summed E-state index contributed by atoms with van der Waals surface area (Å²) in [5.41, 5.74) is -5.52. The molecule has 0 aromatic heterocycles. The number of alkyl halides is 3. The van der Waals surface area contributed by atoms with Gasteiger partial charge in [0.2, 0.25) is 0 Å². The van der Waals surface area contributed by atoms with Crippen molar-refractivity contribution in [2.75, 3.05) is 0 Å². The molecule has 1 aliphatic carbocycles. The maximum Gasteiger partial charge on any atom is 0.534 e. The molecular formula is C12H15F3O5S. The molecule has 0 N–H and O–H groups in total. The summed E-state index contributed by atoms with van der Waals surface area (Å²) in [6.07, 6.45) is 4.47. The minimum Gasteiger partial charge on any atom is -0.458 e. The summed E-state index contributed by atoms with van der Waals surface area (Å²) in [7, 11) is -5.75. The molecule has 0 radical (unpaired) electrons. The summed E-state index contributed by atoms with van der Waals surface area (Å²) in [6, 6.07) is 0. The SMILES string of the molecule is O=C1C=C(OS(=O)(=O)C(F)(F)F)CC(C2CCCCC2)O1. The average molecular weight is 328 g/mol. The molecule has 0 bridgehead atoms. The number of cyclic esters (lactones) is 1. The molecule has 0 spiro atoms. The van der Waals surface area contributed by atoms with E-state index in [1.165, 1.54) is 0 Å². The van der Waals surface area contributed by atoms with E-state index in [4.69, 9.17) is 4.74 Å². The molecule has 120 valence electrons. The van der Waals surface area contributed by atoms with Crippen LogP contribution >= 0.6 is 0 Å². The lowest BCUT2D eigenvalue weighted by molar-refractivity contribution is -0.148. The summed E-state index contributed by atoms with van der Waals surface area (Å²) in [5, 5.41) is 0. The zero-order valence-corrected chi connectivity index (χ0v) is 11.9. The quantitative estimate of drug-likeness (QED) is 0.452. The molecule has 1 fully saturated rings. The van der Waals surface area contributed by atoms with Crippen molar-refractivity contribution in [3.05, 3.63) is 11.8 Å². The predicted octanol–water partition coefficient (Wildman–Crippen LogP) is 2.63. The predicted molar refractivity (Wildman–Crippen MR) is 65.2 cm³/mol. The maximum absolute atomic E-state index is 12.3. The van der Waals surface area contributed by atoms with Crippen LogP contribution in [0.5, 0.6) is 0 Å². The topological polar surface area (TPSA) is 69.7 Å². The molecule has 2 aliphatic rings. The highest BCUT2D eigenvalue weighted by Gasteiger charge is 2.49. The minimum absolute atomic E-state index is 0.0311. The smallest absolute Gasteiger partial charge is 0.458 e. The number of hydrogen-bond donors (Lipinski definition) is 0. The molecule has 0 amide bonds. The molecule has 0 aromatic carbocycles. The molecule has 1 heterocycles. The first-order valence-electron chi connectivity index (χ1n) is 6.61. The van der Waals surface area contributed by atoms with Crippen LogP contribution in [0.25, 0.3) is 0 Å². The number of halogens is 3. The van der Waals surface area contributed by atoms with Crippen LogP contribution in [-0.2, 0) is 23.8 Å². The summed E-state index contributed by atoms with van der Waals surface area (Å²) in [5.74, 6) is -1.35. The van der Waals surface area contributed by atoms with Crippen molar-refractivity contribution >= 4 is 16.1 Å². The second-order valence-corrected chi connectivity index (χ2v) is 6.71. The Bertz CT molecular complexity index is 532. The molecular weight excluding hydrogens is 313 g/mol. The lowest BCUT2D eigenvalue weighted by atomic mass is 9.83. The Kier molecular flexibility index (Phi) is 4.50. The molecule has 1 aliphatic heterocycles. The van der Waals surface area contributed by atoms with E-state index in [0.717, 1.165) is 32.1 Å². The van der Waals surface area contributed by atoms with Crippen LogP contribution in [0.1, 0.15) is 38.5 Å². The standard InChI is InChI=1S/C12H15F3O5S/c13-12(14,15)21(17,18)20-9-6-10(19-11(16)7-9)8-4-2-1-3-5-8/h7-8,10H,1-6H2. The Morgan fingerprint density at radius 1 is 1.19 bits per heavy atom. The van der Waals surface area contributed by atoms with E-state index in [0.29, 0.717) is 6.08 Å². The van der Waals surface area contributed by atoms with Gasteiger partial charge in [-0.15, -0.1) is 0 Å². The Hall–Kier alpha value is -1.25. The molecule has 1 unspecified atom stereocenters. The summed E-state index contributed by atoms with van der Waals surface area (Å²) >= 11 is 0. The Morgan fingerprint density at radius 3 is 2.38 bits per heavy atom. The van der Waals surface area contributed by atoms with Gasteiger partial charge in [-0.1, -0.05) is 19.3 Å². The summed E-state index contributed by atoms with van der Waals surface area (Å²) in [6.45, 7) is 0. The van der Waals surface area contributed by atoms with Crippen molar-refractivity contribution in [1.29, 1.82) is 0 Å². The average Bonchev–Trinajstić information content (AvgIpc) is 2.37. The molecule has 0 aromatic rings. The van der Waals surface area contributed by atoms with Crippen molar-refractivity contribution < 1.29 is 35.3 Å². The lowest BCUT2D eigenvalue weighted by Crippen LogP contribution is -2.34.